The van der Waals surface area contributed by atoms with Crippen LogP contribution in [0.5, 0.6) is 0 Å². The van der Waals surface area contributed by atoms with Gasteiger partial charge in [-0.1, -0.05) is 0 Å². The largest absolute Gasteiger partial charge is 0.315 e. The maximum atomic E-state index is 8.12. The van der Waals surface area contributed by atoms with E-state index in [1.165, 1.54) is 0 Å². The zero-order valence-electron chi connectivity index (χ0n) is 16.5. The Bertz CT molecular complexity index is 486. The van der Waals surface area contributed by atoms with E-state index in [2.05, 4.69) is 0 Å². The fraction of sp³-hybridized carbons (Fsp3) is 1.00. The number of hydrogen-bond acceptors (Lipinski definition) is 2. The normalized spacial score (nSPS) is 107. The van der Waals surface area contributed by atoms with Crippen LogP contribution in [-0.2, 0) is 0 Å². The van der Waals surface area contributed by atoms with Gasteiger partial charge in [0, 0.05) is 29.0 Å². The Kier molecular flexibility index (Phi) is 0.294. The molecule has 2 saturated heterocycles. The minimum atomic E-state index is -3.50. The molecule has 2 heterocycles. The second-order valence-electron chi connectivity index (χ2n) is 1.62. The van der Waals surface area contributed by atoms with E-state index in [1.54, 1.807) is 10.6 Å². The number of fused-ring (bicyclic) bond motifs is 1. The summed E-state index contributed by atoms with van der Waals surface area (Å²) in [5.41, 5.74) is 0. The third kappa shape index (κ3) is 0.970. The molecule has 0 bridgehead atoms. The van der Waals surface area contributed by atoms with Gasteiger partial charge in [0.25, 0.3) is 0 Å². The first-order valence-corrected chi connectivity index (χ1v) is 2.50. The van der Waals surface area contributed by atoms with Gasteiger partial charge in [-0.2, -0.15) is 0 Å². The van der Waals surface area contributed by atoms with E-state index in [1.807, 2.05) is 0 Å². The SMILES string of the molecule is [2H]C1([2H])N[C@]2([2H])C([2H])([2H])NC([2H])([2H])[C@]2([2H])C([2H])([2H])C1([2H])[2H]. The molecule has 0 saturated carbocycles. The van der Waals surface area contributed by atoms with Gasteiger partial charge in [-0.15, -0.1) is 0 Å². The van der Waals surface area contributed by atoms with Crippen molar-refractivity contribution in [3.63, 3.8) is 0 Å². The van der Waals surface area contributed by atoms with Gasteiger partial charge in [0.05, 0.1) is 0 Å². The smallest absolute Gasteiger partial charge is 0.0482 e. The molecule has 2 fully saturated rings. The van der Waals surface area contributed by atoms with Crippen molar-refractivity contribution in [3.8, 4) is 0 Å². The number of nitrogens with one attached hydrogen (secondary N) is 2. The molecule has 2 nitrogen and oxygen atoms in total. The molecule has 0 radical (unpaired) electrons. The van der Waals surface area contributed by atoms with Crippen LogP contribution in [0.4, 0.5) is 0 Å². The van der Waals surface area contributed by atoms with Crippen LogP contribution < -0.4 is 10.6 Å². The van der Waals surface area contributed by atoms with Crippen LogP contribution in [0.3, 0.4) is 0 Å². The molecule has 2 atom stereocenters. The van der Waals surface area contributed by atoms with E-state index >= 15 is 0 Å². The Morgan fingerprint density at radius 2 is 2.56 bits per heavy atom. The lowest BCUT2D eigenvalue weighted by Crippen LogP contribution is -2.40. The van der Waals surface area contributed by atoms with Crippen LogP contribution in [0, 0.1) is 5.89 Å². The molecular weight excluding hydrogens is 112 g/mol. The van der Waals surface area contributed by atoms with E-state index in [0.717, 1.165) is 0 Å². The fourth-order valence-corrected chi connectivity index (χ4v) is 0.656. The van der Waals surface area contributed by atoms with Gasteiger partial charge in [-0.05, 0) is 31.6 Å². The first kappa shape index (κ1) is 1.16. The summed E-state index contributed by atoms with van der Waals surface area (Å²) >= 11 is 0. The van der Waals surface area contributed by atoms with Crippen molar-refractivity contribution >= 4 is 0 Å². The van der Waals surface area contributed by atoms with Crippen LogP contribution in [0.15, 0.2) is 0 Å². The Balaban J connectivity index is 2.84. The second kappa shape index (κ2) is 2.27. The second-order valence-corrected chi connectivity index (χ2v) is 1.62. The van der Waals surface area contributed by atoms with Crippen molar-refractivity contribution in [1.82, 2.24) is 10.6 Å². The zero-order valence-corrected chi connectivity index (χ0v) is 4.50. The van der Waals surface area contributed by atoms with Gasteiger partial charge in [-0.3, -0.25) is 0 Å². The quantitative estimate of drug-likeness (QED) is 0.491. The number of rotatable bonds is 0. The summed E-state index contributed by atoms with van der Waals surface area (Å²) < 4.78 is 92.9. The third-order valence-electron chi connectivity index (χ3n) is 1.06. The molecule has 52 valence electrons. The van der Waals surface area contributed by atoms with Crippen LogP contribution in [0.1, 0.15) is 29.2 Å². The minimum absolute atomic E-state index is 1.68. The summed E-state index contributed by atoms with van der Waals surface area (Å²) in [4.78, 5) is 0. The predicted octanol–water partition coefficient (Wildman–Crippen LogP) is -0.0422. The summed E-state index contributed by atoms with van der Waals surface area (Å²) in [6, 6.07) is -3.10. The average Bonchev–Trinajstić information content (AvgIpc) is 2.32. The van der Waals surface area contributed by atoms with E-state index < -0.39 is 44.1 Å². The van der Waals surface area contributed by atoms with Gasteiger partial charge in [0.1, 0.15) is 0 Å². The Hall–Kier alpha value is -0.0800. The van der Waals surface area contributed by atoms with Crippen molar-refractivity contribution < 1.29 is 16.4 Å². The van der Waals surface area contributed by atoms with Gasteiger partial charge in [-0.25, -0.2) is 0 Å². The molecule has 0 aromatic rings. The highest BCUT2D eigenvalue weighted by Crippen LogP contribution is 2.18. The highest BCUT2D eigenvalue weighted by molar-refractivity contribution is 4.89. The lowest BCUT2D eigenvalue weighted by atomic mass is 9.94. The molecule has 0 aliphatic carbocycles. The first-order chi connectivity index (χ1) is 8.91. The molecule has 2 N–H and O–H groups in total. The fourth-order valence-electron chi connectivity index (χ4n) is 0.656. The molecule has 0 unspecified atom stereocenters. The highest BCUT2D eigenvalue weighted by atomic mass is 15.0. The lowest BCUT2D eigenvalue weighted by Gasteiger charge is -2.24. The summed E-state index contributed by atoms with van der Waals surface area (Å²) in [5.74, 6) is -3.29. The predicted molar refractivity (Wildman–Crippen MR) is 37.4 cm³/mol. The first-order valence-electron chi connectivity index (χ1n) is 8.50. The van der Waals surface area contributed by atoms with Crippen molar-refractivity contribution in [1.29, 1.82) is 0 Å². The van der Waals surface area contributed by atoms with Crippen LogP contribution in [0.25, 0.3) is 0 Å². The van der Waals surface area contributed by atoms with Crippen LogP contribution >= 0.6 is 0 Å². The molecule has 0 aromatic carbocycles. The van der Waals surface area contributed by atoms with E-state index in [0.29, 0.717) is 0 Å². The van der Waals surface area contributed by atoms with Crippen molar-refractivity contribution in [2.45, 2.75) is 18.8 Å². The lowest BCUT2D eigenvalue weighted by molar-refractivity contribution is 0.339. The van der Waals surface area contributed by atoms with Crippen LogP contribution in [0.2, 0.25) is 0 Å². The highest BCUT2D eigenvalue weighted by Gasteiger charge is 2.28. The van der Waals surface area contributed by atoms with Crippen molar-refractivity contribution in [2.75, 3.05) is 19.5 Å². The monoisotopic (exact) mass is 138 g/mol. The van der Waals surface area contributed by atoms with Crippen molar-refractivity contribution in [2.24, 2.45) is 5.89 Å². The van der Waals surface area contributed by atoms with Gasteiger partial charge >= 0.3 is 0 Å². The zero-order chi connectivity index (χ0) is 16.9. The summed E-state index contributed by atoms with van der Waals surface area (Å²) in [6.07, 6.45) is -6.88. The maximum absolute atomic E-state index is 8.12. The number of hydrogen-bond donors (Lipinski definition) is 2. The Morgan fingerprint density at radius 1 is 1.56 bits per heavy atom. The standard InChI is InChI=1S/C7H14N2/c1-2-6-4-8-5-7(6)9-3-1/h6-9H,1-5H2/t6-,7+/m0/s1/i1D2,2D2,3D2,4D2,5D2,6D,7D. The minimum Gasteiger partial charge on any atom is -0.315 e. The summed E-state index contributed by atoms with van der Waals surface area (Å²) in [7, 11) is 0. The van der Waals surface area contributed by atoms with Gasteiger partial charge in [0.15, 0.2) is 0 Å². The molecular formula is C7H14N2. The summed E-state index contributed by atoms with van der Waals surface area (Å²) in [5, 5.41) is 3.36. The third-order valence-corrected chi connectivity index (χ3v) is 1.06. The molecule has 2 rings (SSSR count). The number of piperidine rings is 1. The maximum Gasteiger partial charge on any atom is 0.0482 e. The van der Waals surface area contributed by atoms with Crippen LogP contribution in [-0.4, -0.2) is 25.5 Å². The molecule has 2 aliphatic heterocycles. The summed E-state index contributed by atoms with van der Waals surface area (Å²) in [6.45, 7) is -9.30. The topological polar surface area (TPSA) is 24.1 Å². The molecule has 0 amide bonds. The molecule has 2 heteroatoms. The molecule has 0 spiro atoms. The van der Waals surface area contributed by atoms with E-state index in [9.17, 15) is 0 Å². The Labute approximate surface area is 72.9 Å². The van der Waals surface area contributed by atoms with Gasteiger partial charge in [0.2, 0.25) is 0 Å². The molecule has 9 heavy (non-hydrogen) atoms. The van der Waals surface area contributed by atoms with Crippen molar-refractivity contribution in [3.05, 3.63) is 0 Å². The van der Waals surface area contributed by atoms with Gasteiger partial charge < -0.3 is 10.6 Å². The molecule has 0 aromatic heterocycles. The average molecular weight is 138 g/mol. The molecule has 2 aliphatic rings. The Morgan fingerprint density at radius 3 is 3.56 bits per heavy atom. The van der Waals surface area contributed by atoms with E-state index in [4.69, 9.17) is 16.4 Å². The van der Waals surface area contributed by atoms with E-state index in [-0.39, 0.29) is 0 Å².